The van der Waals surface area contributed by atoms with E-state index in [-0.39, 0.29) is 0 Å². The van der Waals surface area contributed by atoms with E-state index in [0.29, 0.717) is 10.1 Å². The quantitative estimate of drug-likeness (QED) is 0.469. The smallest absolute Gasteiger partial charge is 0.0195 e. The summed E-state index contributed by atoms with van der Waals surface area (Å²) in [5.41, 5.74) is 4.50. The molecule has 1 nitrogen and oxygen atoms in total. The van der Waals surface area contributed by atoms with Gasteiger partial charge in [-0.25, -0.2) is 0 Å². The second kappa shape index (κ2) is 9.15. The van der Waals surface area contributed by atoms with Crippen LogP contribution >= 0.6 is 8.02 Å². The molecule has 0 aliphatic rings. The predicted octanol–water partition coefficient (Wildman–Crippen LogP) is 0.497. The van der Waals surface area contributed by atoms with Crippen molar-refractivity contribution < 1.29 is 0 Å². The summed E-state index contributed by atoms with van der Waals surface area (Å²) in [6.07, 6.45) is 4.22. The van der Waals surface area contributed by atoms with Crippen LogP contribution in [0.1, 0.15) is 0 Å². The average Bonchev–Trinajstić information content (AvgIpc) is 1.41. The van der Waals surface area contributed by atoms with E-state index in [9.17, 15) is 0 Å². The maximum absolute atomic E-state index is 4.50. The zero-order chi connectivity index (χ0) is 5.58. The Kier molecular flexibility index (Phi) is 14.9. The summed E-state index contributed by atoms with van der Waals surface area (Å²) in [6.45, 7) is 0. The molecule has 40 valence electrons. The summed E-state index contributed by atoms with van der Waals surface area (Å²) in [5, 5.41) is 0. The van der Waals surface area contributed by atoms with Gasteiger partial charge in [0.05, 0.1) is 0 Å². The highest BCUT2D eigenvalue weighted by atomic mass is 32.5. The molecule has 0 aromatic carbocycles. The number of nitrogens with two attached hydrogens (primary N) is 1. The molecule has 0 unspecified atom stereocenters. The SMILES string of the molecule is CN.CS(C)=P. The van der Waals surface area contributed by atoms with Crippen LogP contribution in [0.3, 0.4) is 0 Å². The van der Waals surface area contributed by atoms with Crippen LogP contribution in [0.4, 0.5) is 0 Å². The van der Waals surface area contributed by atoms with Gasteiger partial charge in [-0.15, -0.1) is 0 Å². The van der Waals surface area contributed by atoms with E-state index < -0.39 is 0 Å². The summed E-state index contributed by atoms with van der Waals surface area (Å²) < 4.78 is 0. The molecule has 2 N–H and O–H groups in total. The number of rotatable bonds is 0. The lowest BCUT2D eigenvalue weighted by molar-refractivity contribution is 1.48. The van der Waals surface area contributed by atoms with Gasteiger partial charge in [-0.3, -0.25) is 0 Å². The van der Waals surface area contributed by atoms with Crippen molar-refractivity contribution in [3.63, 3.8) is 0 Å². The Morgan fingerprint density at radius 1 is 1.33 bits per heavy atom. The fraction of sp³-hybridized carbons (Fsp3) is 1.00. The van der Waals surface area contributed by atoms with Crippen LogP contribution in [0, 0.1) is 0 Å². The second-order valence-corrected chi connectivity index (χ2v) is 4.90. The van der Waals surface area contributed by atoms with E-state index in [2.05, 4.69) is 26.3 Å². The highest BCUT2D eigenvalue weighted by Crippen LogP contribution is 1.68. The Balaban J connectivity index is 0. The summed E-state index contributed by atoms with van der Waals surface area (Å²) in [7, 11) is 5.28. The molecular weight excluding hydrogens is 113 g/mol. The Bertz CT molecular complexity index is 33.8. The van der Waals surface area contributed by atoms with Gasteiger partial charge in [0.1, 0.15) is 0 Å². The zero-order valence-corrected chi connectivity index (χ0v) is 6.30. The summed E-state index contributed by atoms with van der Waals surface area (Å²) in [5.74, 6) is 0. The van der Waals surface area contributed by atoms with Crippen LogP contribution < -0.4 is 5.73 Å². The van der Waals surface area contributed by atoms with Crippen LogP contribution in [0.25, 0.3) is 0 Å². The number of hydrogen-bond donors (Lipinski definition) is 1. The van der Waals surface area contributed by atoms with Crippen molar-refractivity contribution >= 4 is 18.1 Å². The molecule has 0 fully saturated rings. The number of hydrogen-bond acceptors (Lipinski definition) is 1. The first-order chi connectivity index (χ1) is 2.73. The average molecular weight is 125 g/mol. The molecule has 0 bridgehead atoms. The summed E-state index contributed by atoms with van der Waals surface area (Å²) in [6, 6.07) is 0. The van der Waals surface area contributed by atoms with E-state index in [1.165, 1.54) is 7.05 Å². The van der Waals surface area contributed by atoms with Gasteiger partial charge in [-0.05, 0) is 19.6 Å². The molecule has 0 aromatic heterocycles. The van der Waals surface area contributed by atoms with Gasteiger partial charge in [0.25, 0.3) is 0 Å². The lowest BCUT2D eigenvalue weighted by Crippen LogP contribution is -1.69. The highest BCUT2D eigenvalue weighted by molar-refractivity contribution is 8.14. The molecule has 0 aliphatic carbocycles. The molecular formula is C3H12NPS. The van der Waals surface area contributed by atoms with Gasteiger partial charge >= 0.3 is 0 Å². The van der Waals surface area contributed by atoms with E-state index in [0.717, 1.165) is 0 Å². The second-order valence-electron chi connectivity index (χ2n) is 0.816. The van der Waals surface area contributed by atoms with Gasteiger partial charge in [0.15, 0.2) is 0 Å². The van der Waals surface area contributed by atoms with E-state index in [4.69, 9.17) is 0 Å². The minimum absolute atomic E-state index is 0.444. The first kappa shape index (κ1) is 9.79. The molecule has 0 spiro atoms. The molecule has 3 heteroatoms. The van der Waals surface area contributed by atoms with Crippen molar-refractivity contribution in [1.29, 1.82) is 0 Å². The Hall–Kier alpha value is 0.610. The van der Waals surface area contributed by atoms with E-state index in [1.807, 2.05) is 0 Å². The molecule has 0 heterocycles. The fourth-order valence-corrected chi connectivity index (χ4v) is 0. The molecule has 0 aliphatic heterocycles. The monoisotopic (exact) mass is 125 g/mol. The first-order valence-corrected chi connectivity index (χ1v) is 4.86. The Morgan fingerprint density at radius 2 is 1.33 bits per heavy atom. The lowest BCUT2D eigenvalue weighted by atomic mass is 11.6. The highest BCUT2D eigenvalue weighted by Gasteiger charge is 1.48. The van der Waals surface area contributed by atoms with Gasteiger partial charge in [-0.1, -0.05) is 8.02 Å². The third-order valence-electron chi connectivity index (χ3n) is 0. The molecule has 0 atom stereocenters. The van der Waals surface area contributed by atoms with E-state index >= 15 is 0 Å². The summed E-state index contributed by atoms with van der Waals surface area (Å²) in [4.78, 5) is 0. The fourth-order valence-electron chi connectivity index (χ4n) is 0. The van der Waals surface area contributed by atoms with Gasteiger partial charge < -0.3 is 5.73 Å². The molecule has 6 heavy (non-hydrogen) atoms. The topological polar surface area (TPSA) is 26.0 Å². The lowest BCUT2D eigenvalue weighted by Gasteiger charge is -1.69. The third kappa shape index (κ3) is 161. The predicted molar refractivity (Wildman–Crippen MR) is 37.6 cm³/mol. The molecule has 0 aromatic rings. The molecule has 0 amide bonds. The van der Waals surface area contributed by atoms with E-state index in [1.54, 1.807) is 0 Å². The standard InChI is InChI=1S/C2H7PS.CH5N/c1-4(2)3;1-2/h3H,1-2H3;2H2,1H3. The van der Waals surface area contributed by atoms with Crippen LogP contribution in [-0.4, -0.2) is 19.6 Å². The van der Waals surface area contributed by atoms with Gasteiger partial charge in [0.2, 0.25) is 0 Å². The zero-order valence-electron chi connectivity index (χ0n) is 4.49. The molecule has 0 radical (unpaired) electrons. The van der Waals surface area contributed by atoms with Crippen LogP contribution in [0.2, 0.25) is 0 Å². The van der Waals surface area contributed by atoms with Crippen molar-refractivity contribution in [2.75, 3.05) is 19.6 Å². The maximum Gasteiger partial charge on any atom is -0.0195 e. The normalized spacial score (nSPS) is 6.83. The Morgan fingerprint density at radius 3 is 1.33 bits per heavy atom. The molecule has 0 saturated carbocycles. The van der Waals surface area contributed by atoms with Crippen molar-refractivity contribution in [3.8, 4) is 0 Å². The Labute approximate surface area is 44.1 Å². The minimum Gasteiger partial charge on any atom is -0.333 e. The van der Waals surface area contributed by atoms with Crippen molar-refractivity contribution in [3.05, 3.63) is 0 Å². The van der Waals surface area contributed by atoms with Crippen molar-refractivity contribution in [2.45, 2.75) is 0 Å². The molecule has 0 rings (SSSR count). The third-order valence-corrected chi connectivity index (χ3v) is 0. The van der Waals surface area contributed by atoms with Crippen LogP contribution in [0.5, 0.6) is 0 Å². The van der Waals surface area contributed by atoms with Crippen LogP contribution in [0.15, 0.2) is 0 Å². The first-order valence-electron chi connectivity index (χ1n) is 1.60. The molecule has 0 saturated heterocycles. The maximum atomic E-state index is 4.50. The van der Waals surface area contributed by atoms with Gasteiger partial charge in [-0.2, -0.15) is 10.1 Å². The van der Waals surface area contributed by atoms with Crippen molar-refractivity contribution in [1.82, 2.24) is 0 Å². The van der Waals surface area contributed by atoms with Crippen molar-refractivity contribution in [2.24, 2.45) is 5.73 Å². The minimum atomic E-state index is 0.444. The largest absolute Gasteiger partial charge is 0.333 e. The summed E-state index contributed by atoms with van der Waals surface area (Å²) >= 11 is 0. The van der Waals surface area contributed by atoms with Crippen LogP contribution in [-0.2, 0) is 10.1 Å². The van der Waals surface area contributed by atoms with Gasteiger partial charge in [0, 0.05) is 0 Å².